The highest BCUT2D eigenvalue weighted by molar-refractivity contribution is 5.96. The molecule has 3 aromatic rings. The van der Waals surface area contributed by atoms with E-state index in [0.717, 1.165) is 16.8 Å². The van der Waals surface area contributed by atoms with E-state index in [9.17, 15) is 9.59 Å². The lowest BCUT2D eigenvalue weighted by molar-refractivity contribution is -0.131. The van der Waals surface area contributed by atoms with Gasteiger partial charge in [0.15, 0.2) is 11.9 Å². The maximum absolute atomic E-state index is 12.7. The Morgan fingerprint density at radius 2 is 2.13 bits per heavy atom. The zero-order valence-corrected chi connectivity index (χ0v) is 17.0. The number of nitrogens with one attached hydrogen (secondary N) is 2. The molecule has 1 unspecified atom stereocenters. The van der Waals surface area contributed by atoms with E-state index in [4.69, 9.17) is 4.74 Å². The van der Waals surface area contributed by atoms with E-state index in [0.29, 0.717) is 24.6 Å². The number of H-pyrrole nitrogens is 1. The molecular weight excluding hydrogens is 384 g/mol. The largest absolute Gasteiger partial charge is 0.365 e. The van der Waals surface area contributed by atoms with Gasteiger partial charge in [0.2, 0.25) is 0 Å². The molecule has 0 saturated carbocycles. The number of carbonyl (C=O) groups excluding carboxylic acids is 2. The average Bonchev–Trinajstić information content (AvgIpc) is 3.43. The lowest BCUT2D eigenvalue weighted by Gasteiger charge is -2.31. The first kappa shape index (κ1) is 19.8. The van der Waals surface area contributed by atoms with Gasteiger partial charge >= 0.3 is 0 Å². The van der Waals surface area contributed by atoms with Gasteiger partial charge in [-0.1, -0.05) is 24.3 Å². The van der Waals surface area contributed by atoms with E-state index < -0.39 is 6.10 Å². The lowest BCUT2D eigenvalue weighted by Crippen LogP contribution is -2.50. The van der Waals surface area contributed by atoms with Crippen LogP contribution in [0.15, 0.2) is 42.6 Å². The van der Waals surface area contributed by atoms with Gasteiger partial charge in [-0.2, -0.15) is 10.2 Å². The molecule has 1 fully saturated rings. The first-order valence-corrected chi connectivity index (χ1v) is 9.91. The second kappa shape index (κ2) is 8.50. The number of rotatable bonds is 5. The van der Waals surface area contributed by atoms with Crippen molar-refractivity contribution in [2.75, 3.05) is 25.0 Å². The molecule has 0 radical (unpaired) electrons. The van der Waals surface area contributed by atoms with Crippen LogP contribution in [0.1, 0.15) is 23.0 Å². The number of carbonyl (C=O) groups is 2. The Morgan fingerprint density at radius 1 is 1.30 bits per heavy atom. The quantitative estimate of drug-likeness (QED) is 0.673. The molecule has 3 heterocycles. The molecule has 156 valence electrons. The van der Waals surface area contributed by atoms with Crippen molar-refractivity contribution in [2.45, 2.75) is 26.5 Å². The van der Waals surface area contributed by atoms with Crippen molar-refractivity contribution in [1.82, 2.24) is 24.9 Å². The predicted molar refractivity (Wildman–Crippen MR) is 111 cm³/mol. The van der Waals surface area contributed by atoms with Gasteiger partial charge in [-0.3, -0.25) is 19.4 Å². The van der Waals surface area contributed by atoms with Crippen molar-refractivity contribution in [1.29, 1.82) is 0 Å². The molecule has 30 heavy (non-hydrogen) atoms. The molecule has 1 aliphatic heterocycles. The van der Waals surface area contributed by atoms with Gasteiger partial charge in [0.05, 0.1) is 18.8 Å². The van der Waals surface area contributed by atoms with E-state index in [1.807, 2.05) is 38.1 Å². The second-order valence-corrected chi connectivity index (χ2v) is 7.14. The summed E-state index contributed by atoms with van der Waals surface area (Å²) in [6.45, 7) is 5.53. The van der Waals surface area contributed by atoms with E-state index in [2.05, 4.69) is 20.6 Å². The molecule has 0 bridgehead atoms. The number of benzene rings is 1. The third-order valence-electron chi connectivity index (χ3n) is 5.09. The Balaban J connectivity index is 1.40. The van der Waals surface area contributed by atoms with Gasteiger partial charge in [0, 0.05) is 30.9 Å². The number of aromatic amines is 1. The third kappa shape index (κ3) is 4.11. The van der Waals surface area contributed by atoms with Crippen LogP contribution in [0.25, 0.3) is 11.3 Å². The summed E-state index contributed by atoms with van der Waals surface area (Å²) in [6.07, 6.45) is 0.996. The van der Waals surface area contributed by atoms with Crippen molar-refractivity contribution in [3.8, 4) is 11.3 Å². The number of anilines is 1. The zero-order valence-electron chi connectivity index (χ0n) is 17.0. The van der Waals surface area contributed by atoms with E-state index >= 15 is 0 Å². The fourth-order valence-corrected chi connectivity index (χ4v) is 3.41. The molecule has 2 N–H and O–H groups in total. The number of hydrogen-bond donors (Lipinski definition) is 2. The maximum atomic E-state index is 12.7. The fourth-order valence-electron chi connectivity index (χ4n) is 3.41. The van der Waals surface area contributed by atoms with Crippen molar-refractivity contribution in [3.05, 3.63) is 53.9 Å². The van der Waals surface area contributed by atoms with Crippen LogP contribution in [0.5, 0.6) is 0 Å². The van der Waals surface area contributed by atoms with E-state index in [1.54, 1.807) is 27.9 Å². The van der Waals surface area contributed by atoms with Crippen LogP contribution in [-0.2, 0) is 16.1 Å². The number of amides is 2. The molecular formula is C21H24N6O3. The molecule has 0 spiro atoms. The van der Waals surface area contributed by atoms with Crippen molar-refractivity contribution in [3.63, 3.8) is 0 Å². The molecule has 1 aromatic carbocycles. The highest BCUT2D eigenvalue weighted by Crippen LogP contribution is 2.23. The van der Waals surface area contributed by atoms with Crippen LogP contribution >= 0.6 is 0 Å². The maximum Gasteiger partial charge on any atom is 0.274 e. The smallest absolute Gasteiger partial charge is 0.274 e. The topological polar surface area (TPSA) is 105 Å². The Labute approximate surface area is 174 Å². The molecule has 9 nitrogen and oxygen atoms in total. The highest BCUT2D eigenvalue weighted by atomic mass is 16.5. The third-order valence-corrected chi connectivity index (χ3v) is 5.09. The average molecular weight is 408 g/mol. The van der Waals surface area contributed by atoms with Gasteiger partial charge < -0.3 is 15.0 Å². The van der Waals surface area contributed by atoms with Gasteiger partial charge in [-0.05, 0) is 25.5 Å². The minimum Gasteiger partial charge on any atom is -0.365 e. The van der Waals surface area contributed by atoms with Crippen LogP contribution in [0.2, 0.25) is 0 Å². The summed E-state index contributed by atoms with van der Waals surface area (Å²) in [4.78, 5) is 27.0. The van der Waals surface area contributed by atoms with Gasteiger partial charge in [0.25, 0.3) is 11.8 Å². The number of ether oxygens (including phenoxy) is 1. The SMILES string of the molecule is CCn1ccc(C(=O)N2CCOC(C(=O)Nc3cc(-c4ccccc4C)[nH]n3)C2)n1. The molecule has 2 amide bonds. The Kier molecular flexibility index (Phi) is 5.62. The molecule has 9 heteroatoms. The minimum absolute atomic E-state index is 0.165. The van der Waals surface area contributed by atoms with Crippen LogP contribution in [0, 0.1) is 6.92 Å². The summed E-state index contributed by atoms with van der Waals surface area (Å²) in [5.74, 6) is -0.133. The summed E-state index contributed by atoms with van der Waals surface area (Å²) >= 11 is 0. The first-order valence-electron chi connectivity index (χ1n) is 9.91. The summed E-state index contributed by atoms with van der Waals surface area (Å²) in [6, 6.07) is 11.4. The summed E-state index contributed by atoms with van der Waals surface area (Å²) < 4.78 is 7.29. The van der Waals surface area contributed by atoms with E-state index in [-0.39, 0.29) is 25.0 Å². The zero-order chi connectivity index (χ0) is 21.1. The fraction of sp³-hybridized carbons (Fsp3) is 0.333. The second-order valence-electron chi connectivity index (χ2n) is 7.14. The molecule has 1 saturated heterocycles. The van der Waals surface area contributed by atoms with Crippen LogP contribution in [0.4, 0.5) is 5.82 Å². The van der Waals surface area contributed by atoms with Crippen molar-refractivity contribution < 1.29 is 14.3 Å². The summed E-state index contributed by atoms with van der Waals surface area (Å²) in [5, 5.41) is 14.1. The Morgan fingerprint density at radius 3 is 2.90 bits per heavy atom. The number of aryl methyl sites for hydroxylation is 2. The molecule has 4 rings (SSSR count). The van der Waals surface area contributed by atoms with Crippen molar-refractivity contribution in [2.24, 2.45) is 0 Å². The lowest BCUT2D eigenvalue weighted by atomic mass is 10.1. The molecule has 1 aliphatic rings. The van der Waals surface area contributed by atoms with Crippen molar-refractivity contribution >= 4 is 17.6 Å². The van der Waals surface area contributed by atoms with E-state index in [1.165, 1.54) is 0 Å². The molecule has 1 atom stereocenters. The summed E-state index contributed by atoms with van der Waals surface area (Å²) in [7, 11) is 0. The first-order chi connectivity index (χ1) is 14.5. The summed E-state index contributed by atoms with van der Waals surface area (Å²) in [5.41, 5.74) is 3.31. The molecule has 2 aromatic heterocycles. The number of aromatic nitrogens is 4. The number of nitrogens with zero attached hydrogens (tertiary/aromatic N) is 4. The minimum atomic E-state index is -0.769. The Hall–Kier alpha value is -3.46. The monoisotopic (exact) mass is 408 g/mol. The van der Waals surface area contributed by atoms with Crippen LogP contribution < -0.4 is 5.32 Å². The van der Waals surface area contributed by atoms with Crippen LogP contribution in [-0.4, -0.2) is 62.5 Å². The number of hydrogen-bond acceptors (Lipinski definition) is 5. The van der Waals surface area contributed by atoms with Gasteiger partial charge in [0.1, 0.15) is 5.69 Å². The standard InChI is InChI=1S/C21H24N6O3/c1-3-27-9-8-16(25-27)21(29)26-10-11-30-18(13-26)20(28)22-19-12-17(23-24-19)15-7-5-4-6-14(15)2/h4-9,12,18H,3,10-11,13H2,1-2H3,(H2,22,23,24,28). The van der Waals surface area contributed by atoms with Crippen LogP contribution in [0.3, 0.4) is 0 Å². The highest BCUT2D eigenvalue weighted by Gasteiger charge is 2.31. The number of morpholine rings is 1. The van der Waals surface area contributed by atoms with Gasteiger partial charge in [-0.15, -0.1) is 0 Å². The normalized spacial score (nSPS) is 16.5. The Bertz CT molecular complexity index is 1060. The predicted octanol–water partition coefficient (Wildman–Crippen LogP) is 2.08. The van der Waals surface area contributed by atoms with Gasteiger partial charge in [-0.25, -0.2) is 0 Å². The molecule has 0 aliphatic carbocycles.